The maximum atomic E-state index is 12.4. The highest BCUT2D eigenvalue weighted by Crippen LogP contribution is 2.42. The summed E-state index contributed by atoms with van der Waals surface area (Å²) in [5.74, 6) is 0.803. The average Bonchev–Trinajstić information content (AvgIpc) is 3.03. The SMILES string of the molecule is O=C1N=C2C=CC(C3=CC(Cl)=CC=CC3)=CN2C12CCCC2. The monoisotopic (exact) mass is 312 g/mol. The molecule has 2 aliphatic carbocycles. The molecule has 0 aromatic carbocycles. The minimum atomic E-state index is -0.424. The highest BCUT2D eigenvalue weighted by Gasteiger charge is 2.51. The second-order valence-corrected chi connectivity index (χ2v) is 6.59. The van der Waals surface area contributed by atoms with Crippen LogP contribution in [0.4, 0.5) is 0 Å². The summed E-state index contributed by atoms with van der Waals surface area (Å²) in [7, 11) is 0. The van der Waals surface area contributed by atoms with Crippen molar-refractivity contribution in [2.75, 3.05) is 0 Å². The van der Waals surface area contributed by atoms with E-state index in [1.165, 1.54) is 0 Å². The number of carbonyl (C=O) groups excluding carboxylic acids is 1. The molecule has 4 rings (SSSR count). The summed E-state index contributed by atoms with van der Waals surface area (Å²) in [6.07, 6.45) is 18.9. The second-order valence-electron chi connectivity index (χ2n) is 6.16. The van der Waals surface area contributed by atoms with Crippen molar-refractivity contribution in [3.8, 4) is 0 Å². The first-order chi connectivity index (χ1) is 10.7. The highest BCUT2D eigenvalue weighted by molar-refractivity contribution is 6.31. The van der Waals surface area contributed by atoms with Crippen LogP contribution in [-0.2, 0) is 4.79 Å². The van der Waals surface area contributed by atoms with Gasteiger partial charge in [0, 0.05) is 11.2 Å². The molecule has 112 valence electrons. The van der Waals surface area contributed by atoms with Crippen molar-refractivity contribution in [1.29, 1.82) is 0 Å². The fourth-order valence-corrected chi connectivity index (χ4v) is 3.88. The van der Waals surface area contributed by atoms with E-state index in [-0.39, 0.29) is 5.91 Å². The van der Waals surface area contributed by atoms with Gasteiger partial charge in [-0.2, -0.15) is 4.99 Å². The van der Waals surface area contributed by atoms with Crippen molar-refractivity contribution in [3.05, 3.63) is 58.8 Å². The van der Waals surface area contributed by atoms with Gasteiger partial charge in [-0.05, 0) is 54.7 Å². The highest BCUT2D eigenvalue weighted by atomic mass is 35.5. The van der Waals surface area contributed by atoms with Gasteiger partial charge in [0.1, 0.15) is 11.4 Å². The van der Waals surface area contributed by atoms with Gasteiger partial charge in [0.25, 0.3) is 5.91 Å². The minimum Gasteiger partial charge on any atom is -0.317 e. The summed E-state index contributed by atoms with van der Waals surface area (Å²) in [5.41, 5.74) is 1.85. The van der Waals surface area contributed by atoms with E-state index in [1.807, 2.05) is 30.4 Å². The normalized spacial score (nSPS) is 25.7. The molecule has 1 spiro atoms. The molecule has 0 bridgehead atoms. The van der Waals surface area contributed by atoms with Crippen LogP contribution in [0.1, 0.15) is 32.1 Å². The van der Waals surface area contributed by atoms with Crippen LogP contribution in [0.5, 0.6) is 0 Å². The minimum absolute atomic E-state index is 0.0230. The third-order valence-corrected chi connectivity index (χ3v) is 5.08. The van der Waals surface area contributed by atoms with Gasteiger partial charge >= 0.3 is 0 Å². The van der Waals surface area contributed by atoms with Crippen LogP contribution in [0.15, 0.2) is 63.8 Å². The molecule has 2 heterocycles. The number of hydrogen-bond acceptors (Lipinski definition) is 2. The third-order valence-electron chi connectivity index (χ3n) is 4.85. The van der Waals surface area contributed by atoms with Gasteiger partial charge in [-0.3, -0.25) is 4.79 Å². The number of allylic oxidation sites excluding steroid dienone is 8. The predicted molar refractivity (Wildman–Crippen MR) is 88.5 cm³/mol. The van der Waals surface area contributed by atoms with E-state index in [4.69, 9.17) is 11.6 Å². The standard InChI is InChI=1S/C18H17ClN2O/c19-15-6-2-1-5-13(11-15)14-7-8-16-20-17(22)18(21(16)12-14)9-3-4-10-18/h1-2,6-8,11-12H,3-5,9-10H2. The topological polar surface area (TPSA) is 32.7 Å². The molecule has 0 radical (unpaired) electrons. The molecule has 1 saturated carbocycles. The van der Waals surface area contributed by atoms with Crippen LogP contribution >= 0.6 is 11.6 Å². The second kappa shape index (κ2) is 5.10. The molecule has 0 atom stereocenters. The van der Waals surface area contributed by atoms with Gasteiger partial charge in [-0.15, -0.1) is 0 Å². The van der Waals surface area contributed by atoms with Crippen LogP contribution < -0.4 is 0 Å². The molecule has 0 N–H and O–H groups in total. The van der Waals surface area contributed by atoms with Crippen LogP contribution in [0.25, 0.3) is 0 Å². The molecule has 3 nitrogen and oxygen atoms in total. The van der Waals surface area contributed by atoms with E-state index in [1.54, 1.807) is 0 Å². The zero-order valence-electron chi connectivity index (χ0n) is 12.3. The molecular formula is C18H17ClN2O. The molecule has 4 heteroatoms. The van der Waals surface area contributed by atoms with Crippen LogP contribution in [-0.4, -0.2) is 22.2 Å². The lowest BCUT2D eigenvalue weighted by Gasteiger charge is -2.34. The average molecular weight is 313 g/mol. The lowest BCUT2D eigenvalue weighted by Crippen LogP contribution is -2.47. The molecule has 2 aliphatic heterocycles. The van der Waals surface area contributed by atoms with Crippen LogP contribution in [0.3, 0.4) is 0 Å². The van der Waals surface area contributed by atoms with Crippen molar-refractivity contribution in [2.45, 2.75) is 37.6 Å². The number of nitrogens with zero attached hydrogens (tertiary/aromatic N) is 2. The fraction of sp³-hybridized carbons (Fsp3) is 0.333. The zero-order chi connectivity index (χ0) is 15.2. The van der Waals surface area contributed by atoms with Crippen LogP contribution in [0, 0.1) is 0 Å². The van der Waals surface area contributed by atoms with Crippen LogP contribution in [0.2, 0.25) is 0 Å². The Morgan fingerprint density at radius 3 is 2.86 bits per heavy atom. The number of hydrogen-bond donors (Lipinski definition) is 0. The number of aliphatic imine (C=N–C) groups is 1. The molecule has 0 unspecified atom stereocenters. The smallest absolute Gasteiger partial charge is 0.273 e. The lowest BCUT2D eigenvalue weighted by atomic mass is 9.93. The molecule has 22 heavy (non-hydrogen) atoms. The van der Waals surface area contributed by atoms with Gasteiger partial charge in [-0.25, -0.2) is 0 Å². The van der Waals surface area contributed by atoms with E-state index < -0.39 is 5.54 Å². The van der Waals surface area contributed by atoms with Gasteiger partial charge in [0.05, 0.1) is 0 Å². The van der Waals surface area contributed by atoms with Crippen molar-refractivity contribution in [3.63, 3.8) is 0 Å². The van der Waals surface area contributed by atoms with E-state index in [2.05, 4.69) is 22.2 Å². The van der Waals surface area contributed by atoms with Crippen molar-refractivity contribution >= 4 is 23.3 Å². The molecule has 4 aliphatic rings. The number of fused-ring (bicyclic) bond motifs is 2. The summed E-state index contributed by atoms with van der Waals surface area (Å²) in [4.78, 5) is 18.8. The summed E-state index contributed by atoms with van der Waals surface area (Å²) in [5, 5.41) is 0.727. The van der Waals surface area contributed by atoms with E-state index in [0.717, 1.165) is 54.1 Å². The van der Waals surface area contributed by atoms with Gasteiger partial charge in [-0.1, -0.05) is 36.6 Å². The Labute approximate surface area is 135 Å². The molecule has 1 fully saturated rings. The lowest BCUT2D eigenvalue weighted by molar-refractivity contribution is -0.124. The Morgan fingerprint density at radius 1 is 1.23 bits per heavy atom. The first-order valence-corrected chi connectivity index (χ1v) is 8.12. The first kappa shape index (κ1) is 13.8. The van der Waals surface area contributed by atoms with Crippen molar-refractivity contribution < 1.29 is 4.79 Å². The molecule has 1 amide bonds. The number of carbonyl (C=O) groups is 1. The van der Waals surface area contributed by atoms with E-state index in [0.29, 0.717) is 0 Å². The van der Waals surface area contributed by atoms with Gasteiger partial charge in [0.15, 0.2) is 0 Å². The van der Waals surface area contributed by atoms with E-state index in [9.17, 15) is 4.79 Å². The predicted octanol–water partition coefficient (Wildman–Crippen LogP) is 4.00. The number of halogens is 1. The number of amides is 1. The Kier molecular flexibility index (Phi) is 3.19. The summed E-state index contributed by atoms with van der Waals surface area (Å²) < 4.78 is 0. The zero-order valence-corrected chi connectivity index (χ0v) is 13.0. The Morgan fingerprint density at radius 2 is 2.05 bits per heavy atom. The maximum Gasteiger partial charge on any atom is 0.273 e. The Bertz CT molecular complexity index is 715. The Hall–Kier alpha value is -1.87. The molecule has 0 saturated heterocycles. The third kappa shape index (κ3) is 2.03. The maximum absolute atomic E-state index is 12.4. The van der Waals surface area contributed by atoms with Gasteiger partial charge in [0.2, 0.25) is 0 Å². The largest absolute Gasteiger partial charge is 0.317 e. The van der Waals surface area contributed by atoms with Crippen molar-refractivity contribution in [2.24, 2.45) is 4.99 Å². The summed E-state index contributed by atoms with van der Waals surface area (Å²) >= 11 is 6.18. The fourth-order valence-electron chi connectivity index (χ4n) is 3.67. The summed E-state index contributed by atoms with van der Waals surface area (Å²) in [6.45, 7) is 0. The van der Waals surface area contributed by atoms with E-state index >= 15 is 0 Å². The molecule has 0 aromatic rings. The van der Waals surface area contributed by atoms with Crippen molar-refractivity contribution in [1.82, 2.24) is 4.90 Å². The molecule has 0 aromatic heterocycles. The first-order valence-electron chi connectivity index (χ1n) is 7.75. The number of rotatable bonds is 1. The summed E-state index contributed by atoms with van der Waals surface area (Å²) in [6, 6.07) is 0. The quantitative estimate of drug-likeness (QED) is 0.733. The van der Waals surface area contributed by atoms with Gasteiger partial charge < -0.3 is 4.90 Å². The molecular weight excluding hydrogens is 296 g/mol. The number of amidine groups is 1. The Balaban J connectivity index is 1.72.